The molecule has 2 bridgehead atoms. The van der Waals surface area contributed by atoms with E-state index >= 15 is 0 Å². The van der Waals surface area contributed by atoms with Gasteiger partial charge >= 0.3 is 0 Å². The average molecular weight is 361 g/mol. The fourth-order valence-corrected chi connectivity index (χ4v) is 4.87. The van der Waals surface area contributed by atoms with Crippen LogP contribution in [0.1, 0.15) is 12.8 Å². The Labute approximate surface area is 136 Å². The van der Waals surface area contributed by atoms with E-state index < -0.39 is 17.8 Å². The maximum atomic E-state index is 12.7. The predicted octanol–water partition coefficient (Wildman–Crippen LogP) is 1.97. The summed E-state index contributed by atoms with van der Waals surface area (Å²) in [6, 6.07) is 7.31. The van der Waals surface area contributed by atoms with E-state index in [-0.39, 0.29) is 23.2 Å². The predicted molar refractivity (Wildman–Crippen MR) is 82.5 cm³/mol. The first-order chi connectivity index (χ1) is 10.5. The molecule has 0 aromatic heterocycles. The van der Waals surface area contributed by atoms with Crippen LogP contribution >= 0.6 is 15.9 Å². The molecule has 3 aliphatic rings. The zero-order valence-electron chi connectivity index (χ0n) is 11.8. The highest BCUT2D eigenvalue weighted by Gasteiger charge is 2.68. The van der Waals surface area contributed by atoms with E-state index in [4.69, 9.17) is 0 Å². The summed E-state index contributed by atoms with van der Waals surface area (Å²) in [5, 5.41) is 14.5. The Morgan fingerprint density at radius 3 is 2.45 bits per heavy atom. The number of hydrogen-bond acceptors (Lipinski definition) is 3. The number of amides is 1. The second-order valence-electron chi connectivity index (χ2n) is 6.54. The quantitative estimate of drug-likeness (QED) is 0.837. The summed E-state index contributed by atoms with van der Waals surface area (Å²) in [5.74, 6) is -2.55. The fourth-order valence-electron chi connectivity index (χ4n) is 4.47. The van der Waals surface area contributed by atoms with E-state index in [9.17, 15) is 14.7 Å². The number of hydrogen-bond donors (Lipinski definition) is 1. The number of carboxylic acids is 1. The van der Waals surface area contributed by atoms with E-state index in [0.717, 1.165) is 17.3 Å². The van der Waals surface area contributed by atoms with Gasteiger partial charge in [0, 0.05) is 22.0 Å². The third-order valence-corrected chi connectivity index (χ3v) is 6.00. The molecule has 1 N–H and O–H groups in total. The first-order valence-corrected chi connectivity index (χ1v) is 8.28. The molecule has 0 aliphatic heterocycles. The van der Waals surface area contributed by atoms with Crippen LogP contribution in [-0.2, 0) is 9.59 Å². The zero-order chi connectivity index (χ0) is 15.5. The molecule has 114 valence electrons. The second kappa shape index (κ2) is 4.69. The number of nitrogens with one attached hydrogen (secondary N) is 1. The lowest BCUT2D eigenvalue weighted by atomic mass is 9.82. The molecule has 1 aromatic carbocycles. The van der Waals surface area contributed by atoms with Crippen LogP contribution in [0.15, 0.2) is 40.9 Å². The summed E-state index contributed by atoms with van der Waals surface area (Å²) in [4.78, 5) is 24.3. The average Bonchev–Trinajstić information content (AvgIpc) is 3.12. The third kappa shape index (κ3) is 1.88. The lowest BCUT2D eigenvalue weighted by Crippen LogP contribution is -2.42. The monoisotopic (exact) mass is 360 g/mol. The van der Waals surface area contributed by atoms with Crippen molar-refractivity contribution in [2.24, 2.45) is 29.1 Å². The fraction of sp³-hybridized carbons (Fsp3) is 0.412. The van der Waals surface area contributed by atoms with Crippen molar-refractivity contribution in [3.63, 3.8) is 0 Å². The maximum absolute atomic E-state index is 12.7. The van der Waals surface area contributed by atoms with Gasteiger partial charge in [0.15, 0.2) is 0 Å². The van der Waals surface area contributed by atoms with Gasteiger partial charge in [-0.2, -0.15) is 0 Å². The summed E-state index contributed by atoms with van der Waals surface area (Å²) < 4.78 is 0.869. The van der Waals surface area contributed by atoms with Gasteiger partial charge in [0.2, 0.25) is 5.91 Å². The zero-order valence-corrected chi connectivity index (χ0v) is 13.4. The largest absolute Gasteiger partial charge is 0.550 e. The highest BCUT2D eigenvalue weighted by molar-refractivity contribution is 9.10. The number of anilines is 1. The van der Waals surface area contributed by atoms with Crippen LogP contribution < -0.4 is 10.4 Å². The van der Waals surface area contributed by atoms with E-state index in [0.29, 0.717) is 5.69 Å². The van der Waals surface area contributed by atoms with Crippen molar-refractivity contribution in [1.82, 2.24) is 0 Å². The molecule has 1 aromatic rings. The minimum atomic E-state index is -1.10. The Morgan fingerprint density at radius 2 is 1.86 bits per heavy atom. The van der Waals surface area contributed by atoms with Crippen LogP contribution in [0.4, 0.5) is 5.69 Å². The Balaban J connectivity index is 1.62. The van der Waals surface area contributed by atoms with Gasteiger partial charge in [0.25, 0.3) is 0 Å². The topological polar surface area (TPSA) is 69.2 Å². The van der Waals surface area contributed by atoms with Crippen LogP contribution in [0.2, 0.25) is 0 Å². The number of carbonyl (C=O) groups excluding carboxylic acids is 2. The molecule has 3 aliphatic carbocycles. The van der Waals surface area contributed by atoms with Crippen LogP contribution in [0.3, 0.4) is 0 Å². The first-order valence-electron chi connectivity index (χ1n) is 7.48. The van der Waals surface area contributed by atoms with Crippen molar-refractivity contribution < 1.29 is 14.7 Å². The molecule has 0 unspecified atom stereocenters. The molecule has 4 atom stereocenters. The highest BCUT2D eigenvalue weighted by Crippen LogP contribution is 2.71. The third-order valence-electron chi connectivity index (χ3n) is 5.51. The number of aliphatic carboxylic acids is 1. The van der Waals surface area contributed by atoms with Gasteiger partial charge in [-0.3, -0.25) is 4.79 Å². The Kier molecular flexibility index (Phi) is 2.98. The van der Waals surface area contributed by atoms with Crippen LogP contribution in [-0.4, -0.2) is 11.9 Å². The van der Waals surface area contributed by atoms with Gasteiger partial charge in [0.1, 0.15) is 0 Å². The standard InChI is InChI=1S/C17H16BrNO3/c18-9-2-1-3-10(8-9)19-15(20)13-11-4-5-12(14(13)16(21)22)17(11)6-7-17/h1-5,8,11-14H,6-7H2,(H,19,20)(H,21,22)/p-1/t11-,12+,13+,14+/m1/s1. The van der Waals surface area contributed by atoms with Crippen LogP contribution in [0.5, 0.6) is 0 Å². The molecule has 0 radical (unpaired) electrons. The minimum absolute atomic E-state index is 0.0179. The molecule has 5 heteroatoms. The number of allylic oxidation sites excluding steroid dienone is 2. The summed E-state index contributed by atoms with van der Waals surface area (Å²) in [7, 11) is 0. The van der Waals surface area contributed by atoms with Crippen molar-refractivity contribution in [1.29, 1.82) is 0 Å². The highest BCUT2D eigenvalue weighted by atomic mass is 79.9. The molecule has 22 heavy (non-hydrogen) atoms. The number of carbonyl (C=O) groups is 2. The summed E-state index contributed by atoms with van der Waals surface area (Å²) in [6.45, 7) is 0. The van der Waals surface area contributed by atoms with Crippen molar-refractivity contribution in [3.8, 4) is 0 Å². The molecule has 0 saturated heterocycles. The normalized spacial score (nSPS) is 33.1. The van der Waals surface area contributed by atoms with Crippen molar-refractivity contribution in [2.45, 2.75) is 12.8 Å². The molecular weight excluding hydrogens is 346 g/mol. The first kappa shape index (κ1) is 14.0. The molecule has 2 saturated carbocycles. The summed E-state index contributed by atoms with van der Waals surface area (Å²) >= 11 is 3.36. The molecule has 1 amide bonds. The van der Waals surface area contributed by atoms with Gasteiger partial charge < -0.3 is 15.2 Å². The molecule has 2 fully saturated rings. The molecule has 4 rings (SSSR count). The Morgan fingerprint density at radius 1 is 1.18 bits per heavy atom. The van der Waals surface area contributed by atoms with Gasteiger partial charge in [-0.25, -0.2) is 0 Å². The molecule has 0 heterocycles. The smallest absolute Gasteiger partial charge is 0.228 e. The Hall–Kier alpha value is -1.62. The molecular formula is C17H15BrNO3-. The van der Waals surface area contributed by atoms with Gasteiger partial charge in [-0.1, -0.05) is 34.1 Å². The maximum Gasteiger partial charge on any atom is 0.228 e. The van der Waals surface area contributed by atoms with Crippen molar-refractivity contribution >= 4 is 33.5 Å². The van der Waals surface area contributed by atoms with Gasteiger partial charge in [-0.15, -0.1) is 0 Å². The van der Waals surface area contributed by atoms with Crippen LogP contribution in [0.25, 0.3) is 0 Å². The number of halogens is 1. The molecule has 1 spiro atoms. The summed E-state index contributed by atoms with van der Waals surface area (Å²) in [6.07, 6.45) is 6.06. The SMILES string of the molecule is O=C(Nc1cccc(Br)c1)[C@@H]1[C@@H](C(=O)[O-])[C@@H]2C=C[C@H]1C21CC1. The van der Waals surface area contributed by atoms with E-state index in [1.807, 2.05) is 30.4 Å². The van der Waals surface area contributed by atoms with Gasteiger partial charge in [-0.05, 0) is 48.3 Å². The number of rotatable bonds is 3. The van der Waals surface area contributed by atoms with Crippen molar-refractivity contribution in [2.75, 3.05) is 5.32 Å². The molecule has 4 nitrogen and oxygen atoms in total. The van der Waals surface area contributed by atoms with E-state index in [1.165, 1.54) is 0 Å². The lowest BCUT2D eigenvalue weighted by molar-refractivity contribution is -0.313. The van der Waals surface area contributed by atoms with Crippen LogP contribution in [0, 0.1) is 29.1 Å². The minimum Gasteiger partial charge on any atom is -0.550 e. The number of benzene rings is 1. The van der Waals surface area contributed by atoms with Gasteiger partial charge in [0.05, 0.1) is 5.92 Å². The summed E-state index contributed by atoms with van der Waals surface area (Å²) in [5.41, 5.74) is 0.692. The Bertz CT molecular complexity index is 695. The second-order valence-corrected chi connectivity index (χ2v) is 7.46. The lowest BCUT2D eigenvalue weighted by Gasteiger charge is -2.27. The number of carboxylic acid groups (broad SMARTS) is 1. The van der Waals surface area contributed by atoms with Crippen molar-refractivity contribution in [3.05, 3.63) is 40.9 Å². The van der Waals surface area contributed by atoms with E-state index in [1.54, 1.807) is 6.07 Å². The van der Waals surface area contributed by atoms with E-state index in [2.05, 4.69) is 21.2 Å².